The van der Waals surface area contributed by atoms with Crippen LogP contribution in [0.15, 0.2) is 23.1 Å². The van der Waals surface area contributed by atoms with Crippen molar-refractivity contribution < 1.29 is 4.79 Å². The predicted octanol–water partition coefficient (Wildman–Crippen LogP) is 1.58. The van der Waals surface area contributed by atoms with Gasteiger partial charge in [0.2, 0.25) is 0 Å². The Balaban J connectivity index is 2.75. The largest absolute Gasteiger partial charge is 0.296 e. The van der Waals surface area contributed by atoms with Crippen LogP contribution < -0.4 is 0 Å². The molecule has 0 spiro atoms. The van der Waals surface area contributed by atoms with Gasteiger partial charge in [0.1, 0.15) is 4.32 Å². The minimum absolute atomic E-state index is 0.162. The number of carbonyl (C=O) groups excluding carboxylic acids is 1. The summed E-state index contributed by atoms with van der Waals surface area (Å²) in [6, 6.07) is 3.60. The first kappa shape index (κ1) is 12.4. The molecule has 1 saturated heterocycles. The van der Waals surface area contributed by atoms with Crippen LogP contribution in [0.2, 0.25) is 0 Å². The third-order valence-corrected chi connectivity index (χ3v) is 3.32. The zero-order valence-corrected chi connectivity index (χ0v) is 10.0. The van der Waals surface area contributed by atoms with Gasteiger partial charge in [-0.15, -0.1) is 0 Å². The number of nitrogens with zero attached hydrogens (tertiary/aromatic N) is 3. The summed E-state index contributed by atoms with van der Waals surface area (Å²) in [6.07, 6.45) is 4.52. The van der Waals surface area contributed by atoms with Crippen molar-refractivity contribution in [2.24, 2.45) is 5.92 Å². The number of thiocarbonyl (C=S) groups is 1. The standard InChI is InChI=1S/C10H7N3OS2/c1-13-9(14)8(16-10(13)15)4-2-3-7(5-11)6-12/h2-4,7H,1H3/b3-2+,8-4+. The average Bonchev–Trinajstić information content (AvgIpc) is 2.52. The van der Waals surface area contributed by atoms with E-state index >= 15 is 0 Å². The number of amides is 1. The zero-order valence-electron chi connectivity index (χ0n) is 8.38. The number of thioether (sulfide) groups is 1. The summed E-state index contributed by atoms with van der Waals surface area (Å²) in [5.41, 5.74) is 0. The third kappa shape index (κ3) is 2.69. The fourth-order valence-corrected chi connectivity index (χ4v) is 2.06. The van der Waals surface area contributed by atoms with Gasteiger partial charge >= 0.3 is 0 Å². The summed E-state index contributed by atoms with van der Waals surface area (Å²) in [4.78, 5) is 13.4. The van der Waals surface area contributed by atoms with E-state index in [1.165, 1.54) is 28.8 Å². The van der Waals surface area contributed by atoms with E-state index in [4.69, 9.17) is 22.7 Å². The quantitative estimate of drug-likeness (QED) is 0.549. The maximum absolute atomic E-state index is 11.5. The lowest BCUT2D eigenvalue weighted by Crippen LogP contribution is -2.22. The molecule has 4 nitrogen and oxygen atoms in total. The molecule has 80 valence electrons. The molecule has 0 N–H and O–H groups in total. The fourth-order valence-electron chi connectivity index (χ4n) is 0.929. The Bertz CT molecular complexity index is 453. The molecule has 0 aromatic rings. The smallest absolute Gasteiger partial charge is 0.265 e. The van der Waals surface area contributed by atoms with E-state index in [0.717, 1.165) is 0 Å². The van der Waals surface area contributed by atoms with E-state index in [-0.39, 0.29) is 5.91 Å². The van der Waals surface area contributed by atoms with Crippen molar-refractivity contribution >= 4 is 34.2 Å². The van der Waals surface area contributed by atoms with Gasteiger partial charge in [-0.25, -0.2) is 0 Å². The Morgan fingerprint density at radius 1 is 1.50 bits per heavy atom. The van der Waals surface area contributed by atoms with E-state index in [2.05, 4.69) is 0 Å². The first-order chi connectivity index (χ1) is 7.60. The second-order valence-corrected chi connectivity index (χ2v) is 4.56. The van der Waals surface area contributed by atoms with Gasteiger partial charge in [0.15, 0.2) is 5.92 Å². The van der Waals surface area contributed by atoms with Crippen molar-refractivity contribution in [2.75, 3.05) is 7.05 Å². The van der Waals surface area contributed by atoms with E-state index in [0.29, 0.717) is 9.23 Å². The number of carbonyl (C=O) groups is 1. The fraction of sp³-hybridized carbons (Fsp3) is 0.200. The van der Waals surface area contributed by atoms with Crippen molar-refractivity contribution in [3.8, 4) is 12.1 Å². The molecule has 1 fully saturated rings. The number of hydrogen-bond acceptors (Lipinski definition) is 5. The molecule has 0 aromatic heterocycles. The minimum atomic E-state index is -0.789. The predicted molar refractivity (Wildman–Crippen MR) is 64.9 cm³/mol. The first-order valence-electron chi connectivity index (χ1n) is 4.27. The maximum atomic E-state index is 11.5. The SMILES string of the molecule is CN1C(=O)/C(=C\C=C\C(C#N)C#N)SC1=S. The second-order valence-electron chi connectivity index (χ2n) is 2.88. The summed E-state index contributed by atoms with van der Waals surface area (Å²) in [7, 11) is 1.61. The molecular formula is C10H7N3OS2. The van der Waals surface area contributed by atoms with Crippen molar-refractivity contribution in [1.82, 2.24) is 4.90 Å². The first-order valence-corrected chi connectivity index (χ1v) is 5.50. The van der Waals surface area contributed by atoms with Gasteiger partial charge < -0.3 is 0 Å². The van der Waals surface area contributed by atoms with Gasteiger partial charge in [-0.05, 0) is 6.08 Å². The van der Waals surface area contributed by atoms with E-state index in [1.54, 1.807) is 25.3 Å². The Morgan fingerprint density at radius 3 is 2.56 bits per heavy atom. The molecule has 1 heterocycles. The molecule has 0 atom stereocenters. The molecule has 0 saturated carbocycles. The normalized spacial score (nSPS) is 18.5. The Hall–Kier alpha value is -1.63. The summed E-state index contributed by atoms with van der Waals surface area (Å²) < 4.78 is 0.502. The summed E-state index contributed by atoms with van der Waals surface area (Å²) in [5.74, 6) is -0.951. The number of rotatable bonds is 2. The van der Waals surface area contributed by atoms with Crippen molar-refractivity contribution in [1.29, 1.82) is 10.5 Å². The highest BCUT2D eigenvalue weighted by atomic mass is 32.2. The molecule has 0 radical (unpaired) electrons. The number of allylic oxidation sites excluding steroid dienone is 3. The molecule has 1 rings (SSSR count). The lowest BCUT2D eigenvalue weighted by atomic mass is 10.2. The molecule has 16 heavy (non-hydrogen) atoms. The number of hydrogen-bond donors (Lipinski definition) is 0. The lowest BCUT2D eigenvalue weighted by Gasteiger charge is -2.03. The Morgan fingerprint density at radius 2 is 2.12 bits per heavy atom. The van der Waals surface area contributed by atoms with Gasteiger partial charge in [0, 0.05) is 7.05 Å². The van der Waals surface area contributed by atoms with Crippen LogP contribution in [0.4, 0.5) is 0 Å². The van der Waals surface area contributed by atoms with Crippen molar-refractivity contribution in [2.45, 2.75) is 0 Å². The minimum Gasteiger partial charge on any atom is -0.296 e. The average molecular weight is 249 g/mol. The van der Waals surface area contributed by atoms with E-state index < -0.39 is 5.92 Å². The topological polar surface area (TPSA) is 67.9 Å². The molecule has 6 heteroatoms. The molecule has 0 unspecified atom stereocenters. The van der Waals surface area contributed by atoms with Crippen LogP contribution in [-0.2, 0) is 4.79 Å². The van der Waals surface area contributed by atoms with Crippen LogP contribution in [-0.4, -0.2) is 22.2 Å². The van der Waals surface area contributed by atoms with Crippen LogP contribution in [0.1, 0.15) is 0 Å². The molecule has 1 amide bonds. The molecule has 1 aliphatic rings. The van der Waals surface area contributed by atoms with Crippen LogP contribution in [0.3, 0.4) is 0 Å². The number of likely N-dealkylation sites (N-methyl/N-ethyl adjacent to an activating group) is 1. The van der Waals surface area contributed by atoms with E-state index in [9.17, 15) is 4.79 Å². The Labute approximate surface area is 103 Å². The van der Waals surface area contributed by atoms with Gasteiger partial charge in [0.05, 0.1) is 17.0 Å². The second kappa shape index (κ2) is 5.45. The molecule has 1 aliphatic heterocycles. The van der Waals surface area contributed by atoms with Gasteiger partial charge in [0.25, 0.3) is 5.91 Å². The highest BCUT2D eigenvalue weighted by molar-refractivity contribution is 8.26. The third-order valence-electron chi connectivity index (χ3n) is 1.82. The maximum Gasteiger partial charge on any atom is 0.265 e. The summed E-state index contributed by atoms with van der Waals surface area (Å²) in [6.45, 7) is 0. The van der Waals surface area contributed by atoms with Gasteiger partial charge in [-0.3, -0.25) is 9.69 Å². The molecule has 0 aromatic carbocycles. The van der Waals surface area contributed by atoms with Crippen molar-refractivity contribution in [3.63, 3.8) is 0 Å². The Kier molecular flexibility index (Phi) is 4.24. The van der Waals surface area contributed by atoms with E-state index in [1.807, 2.05) is 0 Å². The van der Waals surface area contributed by atoms with Crippen LogP contribution >= 0.6 is 24.0 Å². The molecule has 0 aliphatic carbocycles. The lowest BCUT2D eigenvalue weighted by molar-refractivity contribution is -0.121. The monoisotopic (exact) mass is 249 g/mol. The van der Waals surface area contributed by atoms with Crippen LogP contribution in [0.5, 0.6) is 0 Å². The molecular weight excluding hydrogens is 242 g/mol. The van der Waals surface area contributed by atoms with Crippen LogP contribution in [0.25, 0.3) is 0 Å². The summed E-state index contributed by atoms with van der Waals surface area (Å²) >= 11 is 6.14. The van der Waals surface area contributed by atoms with Crippen LogP contribution in [0, 0.1) is 28.6 Å². The highest BCUT2D eigenvalue weighted by Crippen LogP contribution is 2.29. The highest BCUT2D eigenvalue weighted by Gasteiger charge is 2.27. The number of nitriles is 2. The van der Waals surface area contributed by atoms with Gasteiger partial charge in [-0.1, -0.05) is 36.1 Å². The molecule has 0 bridgehead atoms. The zero-order chi connectivity index (χ0) is 12.1. The van der Waals surface area contributed by atoms with Gasteiger partial charge in [-0.2, -0.15) is 10.5 Å². The van der Waals surface area contributed by atoms with Crippen molar-refractivity contribution in [3.05, 3.63) is 23.1 Å². The summed E-state index contributed by atoms with van der Waals surface area (Å²) in [5, 5.41) is 17.0.